The Labute approximate surface area is 137 Å². The van der Waals surface area contributed by atoms with Crippen LogP contribution >= 0.6 is 0 Å². The van der Waals surface area contributed by atoms with E-state index in [-0.39, 0.29) is 24.3 Å². The van der Waals surface area contributed by atoms with Gasteiger partial charge < -0.3 is 10.0 Å². The summed E-state index contributed by atoms with van der Waals surface area (Å²) in [7, 11) is 0. The molecule has 2 unspecified atom stereocenters. The maximum absolute atomic E-state index is 12.6. The first-order valence-electron chi connectivity index (χ1n) is 8.53. The van der Waals surface area contributed by atoms with Crippen molar-refractivity contribution in [1.29, 1.82) is 0 Å². The Balaban J connectivity index is 1.87. The molecule has 3 heteroatoms. The van der Waals surface area contributed by atoms with E-state index in [4.69, 9.17) is 0 Å². The van der Waals surface area contributed by atoms with Crippen LogP contribution in [0.15, 0.2) is 42.5 Å². The van der Waals surface area contributed by atoms with Gasteiger partial charge in [0.1, 0.15) is 0 Å². The number of aliphatic hydroxyl groups is 1. The summed E-state index contributed by atoms with van der Waals surface area (Å²) in [5, 5.41) is 12.5. The summed E-state index contributed by atoms with van der Waals surface area (Å²) in [5.41, 5.74) is 1.23. The zero-order chi connectivity index (χ0) is 16.4. The van der Waals surface area contributed by atoms with Crippen molar-refractivity contribution in [1.82, 2.24) is 4.90 Å². The van der Waals surface area contributed by atoms with Crippen LogP contribution in [-0.2, 0) is 4.79 Å². The van der Waals surface area contributed by atoms with E-state index in [2.05, 4.69) is 36.4 Å². The Morgan fingerprint density at radius 2 is 1.96 bits per heavy atom. The monoisotopic (exact) mass is 311 g/mol. The van der Waals surface area contributed by atoms with E-state index in [0.29, 0.717) is 0 Å². The normalized spacial score (nSPS) is 19.5. The maximum atomic E-state index is 12.6. The molecule has 1 heterocycles. The van der Waals surface area contributed by atoms with E-state index in [9.17, 15) is 9.90 Å². The van der Waals surface area contributed by atoms with Gasteiger partial charge in [-0.1, -0.05) is 56.3 Å². The highest BCUT2D eigenvalue weighted by atomic mass is 16.3. The van der Waals surface area contributed by atoms with E-state index in [0.717, 1.165) is 19.4 Å². The Kier molecular flexibility index (Phi) is 4.67. The highest BCUT2D eigenvalue weighted by Crippen LogP contribution is 2.36. The lowest BCUT2D eigenvalue weighted by molar-refractivity contribution is -0.134. The summed E-state index contributed by atoms with van der Waals surface area (Å²) in [4.78, 5) is 14.6. The van der Waals surface area contributed by atoms with Gasteiger partial charge in [-0.25, -0.2) is 0 Å². The number of amides is 1. The van der Waals surface area contributed by atoms with Crippen molar-refractivity contribution >= 4 is 16.7 Å². The molecule has 0 aliphatic carbocycles. The molecule has 0 bridgehead atoms. The molecule has 0 saturated carbocycles. The van der Waals surface area contributed by atoms with E-state index < -0.39 is 6.10 Å². The molecule has 23 heavy (non-hydrogen) atoms. The van der Waals surface area contributed by atoms with Gasteiger partial charge in [-0.3, -0.25) is 4.79 Å². The van der Waals surface area contributed by atoms with Gasteiger partial charge in [-0.2, -0.15) is 0 Å². The van der Waals surface area contributed by atoms with Crippen molar-refractivity contribution in [2.24, 2.45) is 5.92 Å². The van der Waals surface area contributed by atoms with Crippen LogP contribution in [0.5, 0.6) is 0 Å². The average molecular weight is 311 g/mol. The third-order valence-electron chi connectivity index (χ3n) is 4.91. The minimum Gasteiger partial charge on any atom is -0.392 e. The number of likely N-dealkylation sites (tertiary alicyclic amines) is 1. The van der Waals surface area contributed by atoms with Crippen molar-refractivity contribution in [3.8, 4) is 0 Å². The minimum atomic E-state index is -0.559. The molecular weight excluding hydrogens is 286 g/mol. The first-order valence-corrected chi connectivity index (χ1v) is 8.53. The molecule has 3 nitrogen and oxygen atoms in total. The van der Waals surface area contributed by atoms with Crippen molar-refractivity contribution in [2.75, 3.05) is 6.54 Å². The number of aliphatic hydroxyl groups excluding tert-OH is 1. The molecule has 3 rings (SSSR count). The molecule has 1 fully saturated rings. The lowest BCUT2D eigenvalue weighted by atomic mass is 9.96. The highest BCUT2D eigenvalue weighted by Gasteiger charge is 2.31. The first-order chi connectivity index (χ1) is 11.1. The number of hydrogen-bond donors (Lipinski definition) is 1. The van der Waals surface area contributed by atoms with Crippen LogP contribution in [0.25, 0.3) is 10.8 Å². The van der Waals surface area contributed by atoms with Gasteiger partial charge in [-0.05, 0) is 35.1 Å². The molecule has 0 aromatic heterocycles. The third kappa shape index (κ3) is 3.25. The summed E-state index contributed by atoms with van der Waals surface area (Å²) >= 11 is 0. The van der Waals surface area contributed by atoms with Crippen LogP contribution in [0.2, 0.25) is 0 Å². The van der Waals surface area contributed by atoms with Crippen LogP contribution in [0.3, 0.4) is 0 Å². The largest absolute Gasteiger partial charge is 0.392 e. The van der Waals surface area contributed by atoms with Gasteiger partial charge in [0.05, 0.1) is 18.6 Å². The van der Waals surface area contributed by atoms with Crippen molar-refractivity contribution in [3.05, 3.63) is 48.0 Å². The predicted molar refractivity (Wildman–Crippen MR) is 93.1 cm³/mol. The second-order valence-corrected chi connectivity index (χ2v) is 6.83. The number of hydrogen-bond acceptors (Lipinski definition) is 2. The fourth-order valence-corrected chi connectivity index (χ4v) is 3.46. The second-order valence-electron chi connectivity index (χ2n) is 6.83. The van der Waals surface area contributed by atoms with Crippen LogP contribution in [0, 0.1) is 5.92 Å². The van der Waals surface area contributed by atoms with Crippen LogP contribution in [0.4, 0.5) is 0 Å². The standard InChI is InChI=1S/C20H25NO2/c1-14(2)19(22)13-20(23)21-12-6-11-18(21)17-10-5-8-15-7-3-4-9-16(15)17/h3-5,7-10,14,18-19,22H,6,11-13H2,1-2H3. The van der Waals surface area contributed by atoms with Gasteiger partial charge in [-0.15, -0.1) is 0 Å². The Morgan fingerprint density at radius 3 is 2.74 bits per heavy atom. The summed E-state index contributed by atoms with van der Waals surface area (Å²) in [6.07, 6.45) is 1.68. The molecule has 1 aliphatic rings. The molecular formula is C20H25NO2. The van der Waals surface area contributed by atoms with E-state index in [1.807, 2.05) is 24.8 Å². The molecule has 1 amide bonds. The molecule has 2 aromatic carbocycles. The molecule has 1 aliphatic heterocycles. The molecule has 2 atom stereocenters. The molecule has 0 spiro atoms. The molecule has 2 aromatic rings. The van der Waals surface area contributed by atoms with E-state index in [1.54, 1.807) is 0 Å². The minimum absolute atomic E-state index is 0.0710. The van der Waals surface area contributed by atoms with Crippen molar-refractivity contribution < 1.29 is 9.90 Å². The van der Waals surface area contributed by atoms with Gasteiger partial charge in [0.2, 0.25) is 5.91 Å². The molecule has 1 saturated heterocycles. The van der Waals surface area contributed by atoms with Gasteiger partial charge in [0.25, 0.3) is 0 Å². The van der Waals surface area contributed by atoms with Gasteiger partial charge in [0.15, 0.2) is 0 Å². The van der Waals surface area contributed by atoms with Crippen LogP contribution < -0.4 is 0 Å². The number of benzene rings is 2. The molecule has 0 radical (unpaired) electrons. The summed E-state index contributed by atoms with van der Waals surface area (Å²) in [6.45, 7) is 4.69. The SMILES string of the molecule is CC(C)C(O)CC(=O)N1CCCC1c1cccc2ccccc12. The second kappa shape index (κ2) is 6.71. The Hall–Kier alpha value is -1.87. The molecule has 1 N–H and O–H groups in total. The number of rotatable bonds is 4. The van der Waals surface area contributed by atoms with E-state index >= 15 is 0 Å². The first kappa shape index (κ1) is 16.0. The van der Waals surface area contributed by atoms with Crippen molar-refractivity contribution in [3.63, 3.8) is 0 Å². The summed E-state index contributed by atoms with van der Waals surface area (Å²) in [6, 6.07) is 14.8. The highest BCUT2D eigenvalue weighted by molar-refractivity contribution is 5.87. The van der Waals surface area contributed by atoms with E-state index in [1.165, 1.54) is 16.3 Å². The Bertz CT molecular complexity index is 690. The smallest absolute Gasteiger partial charge is 0.225 e. The lowest BCUT2D eigenvalue weighted by Crippen LogP contribution is -2.34. The van der Waals surface area contributed by atoms with Gasteiger partial charge >= 0.3 is 0 Å². The summed E-state index contributed by atoms with van der Waals surface area (Å²) in [5.74, 6) is 0.180. The molecule has 122 valence electrons. The maximum Gasteiger partial charge on any atom is 0.225 e. The predicted octanol–water partition coefficient (Wildman–Crippen LogP) is 3.91. The fraction of sp³-hybridized carbons (Fsp3) is 0.450. The zero-order valence-electron chi connectivity index (χ0n) is 13.9. The number of fused-ring (bicyclic) bond motifs is 1. The zero-order valence-corrected chi connectivity index (χ0v) is 13.9. The summed E-state index contributed by atoms with van der Waals surface area (Å²) < 4.78 is 0. The quantitative estimate of drug-likeness (QED) is 0.930. The number of nitrogens with zero attached hydrogens (tertiary/aromatic N) is 1. The number of carbonyl (C=O) groups excluding carboxylic acids is 1. The average Bonchev–Trinajstić information content (AvgIpc) is 3.03. The fourth-order valence-electron chi connectivity index (χ4n) is 3.46. The topological polar surface area (TPSA) is 40.5 Å². The number of carbonyl (C=O) groups is 1. The lowest BCUT2D eigenvalue weighted by Gasteiger charge is -2.27. The van der Waals surface area contributed by atoms with Gasteiger partial charge in [0, 0.05) is 6.54 Å². The van der Waals surface area contributed by atoms with Crippen LogP contribution in [-0.4, -0.2) is 28.6 Å². The third-order valence-corrected chi connectivity index (χ3v) is 4.91. The Morgan fingerprint density at radius 1 is 1.22 bits per heavy atom. The van der Waals surface area contributed by atoms with Crippen molar-refractivity contribution in [2.45, 2.75) is 45.3 Å². The van der Waals surface area contributed by atoms with Crippen LogP contribution in [0.1, 0.15) is 44.7 Å².